The molecule has 0 unspecified atom stereocenters. The lowest BCUT2D eigenvalue weighted by atomic mass is 10.2. The largest absolute Gasteiger partial charge is 0.497 e. The van der Waals surface area contributed by atoms with Crippen LogP contribution in [-0.2, 0) is 18.3 Å². The van der Waals surface area contributed by atoms with Gasteiger partial charge in [-0.15, -0.1) is 0 Å². The molecule has 2 rings (SSSR count). The van der Waals surface area contributed by atoms with Crippen molar-refractivity contribution >= 4 is 16.8 Å². The number of rotatable bonds is 3. The zero-order chi connectivity index (χ0) is 14.2. The molecule has 0 N–H and O–H groups in total. The Kier molecular flexibility index (Phi) is 3.21. The van der Waals surface area contributed by atoms with Gasteiger partial charge in [-0.25, -0.2) is 4.98 Å². The molecule has 4 nitrogen and oxygen atoms in total. The molecule has 0 spiro atoms. The number of ketones is 1. The van der Waals surface area contributed by atoms with Gasteiger partial charge in [-0.3, -0.25) is 4.79 Å². The van der Waals surface area contributed by atoms with Crippen LogP contribution in [0.5, 0.6) is 5.75 Å². The number of fused-ring (bicyclic) bond motifs is 1. The van der Waals surface area contributed by atoms with Gasteiger partial charge < -0.3 is 9.30 Å². The van der Waals surface area contributed by atoms with Crippen molar-refractivity contribution in [2.24, 2.45) is 7.05 Å². The summed E-state index contributed by atoms with van der Waals surface area (Å²) in [5.41, 5.74) is 1.14. The van der Waals surface area contributed by atoms with Crippen LogP contribution in [0.1, 0.15) is 5.82 Å². The first-order valence-electron chi connectivity index (χ1n) is 5.42. The number of carbonyl (C=O) groups excluding carboxylic acids is 1. The maximum absolute atomic E-state index is 12.2. The Balaban J connectivity index is 2.40. The first-order valence-corrected chi connectivity index (χ1v) is 5.42. The zero-order valence-electron chi connectivity index (χ0n) is 10.3. The van der Waals surface area contributed by atoms with Crippen molar-refractivity contribution in [2.75, 3.05) is 7.11 Å². The fraction of sp³-hybridized carbons (Fsp3) is 0.333. The number of Topliss-reactive ketones (excluding diaryl/α,β-unsaturated/α-hetero) is 1. The molecule has 1 heterocycles. The van der Waals surface area contributed by atoms with Crippen LogP contribution in [0.3, 0.4) is 0 Å². The van der Waals surface area contributed by atoms with Crippen LogP contribution < -0.4 is 4.74 Å². The Morgan fingerprint density at radius 3 is 2.68 bits per heavy atom. The number of aromatic nitrogens is 2. The fourth-order valence-electron chi connectivity index (χ4n) is 1.76. The van der Waals surface area contributed by atoms with E-state index in [0.29, 0.717) is 16.8 Å². The number of aryl methyl sites for hydroxylation is 1. The first kappa shape index (κ1) is 13.4. The standard InChI is InChI=1S/C12H11F3N2O2/c1-17-9-4-3-7(19-2)5-8(9)16-11(17)6-10(18)12(13,14)15/h3-5H,6H2,1-2H3. The average molecular weight is 272 g/mol. The molecule has 0 aliphatic heterocycles. The third-order valence-corrected chi connectivity index (χ3v) is 2.82. The van der Waals surface area contributed by atoms with Gasteiger partial charge in [0.05, 0.1) is 24.6 Å². The van der Waals surface area contributed by atoms with E-state index in [1.165, 1.54) is 11.7 Å². The van der Waals surface area contributed by atoms with E-state index in [0.717, 1.165) is 0 Å². The average Bonchev–Trinajstić information content (AvgIpc) is 2.64. The molecule has 2 aromatic rings. The lowest BCUT2D eigenvalue weighted by molar-refractivity contribution is -0.170. The molecule has 0 aliphatic rings. The van der Waals surface area contributed by atoms with Crippen LogP contribution in [0.15, 0.2) is 18.2 Å². The minimum Gasteiger partial charge on any atom is -0.497 e. The smallest absolute Gasteiger partial charge is 0.450 e. The van der Waals surface area contributed by atoms with E-state index in [2.05, 4.69) is 4.98 Å². The fourth-order valence-corrected chi connectivity index (χ4v) is 1.76. The van der Waals surface area contributed by atoms with Crippen LogP contribution in [0, 0.1) is 0 Å². The van der Waals surface area contributed by atoms with E-state index in [1.807, 2.05) is 0 Å². The number of methoxy groups -OCH3 is 1. The second-order valence-electron chi connectivity index (χ2n) is 4.04. The van der Waals surface area contributed by atoms with E-state index in [-0.39, 0.29) is 5.82 Å². The minimum absolute atomic E-state index is 0.0746. The minimum atomic E-state index is -4.84. The van der Waals surface area contributed by atoms with Gasteiger partial charge in [0.15, 0.2) is 0 Å². The third kappa shape index (κ3) is 2.54. The Labute approximate surface area is 106 Å². The monoisotopic (exact) mass is 272 g/mol. The molecule has 1 aromatic heterocycles. The number of carbonyl (C=O) groups is 1. The summed E-state index contributed by atoms with van der Waals surface area (Å²) >= 11 is 0. The molecule has 1 aromatic carbocycles. The van der Waals surface area contributed by atoms with E-state index in [1.54, 1.807) is 25.2 Å². The molecule has 0 radical (unpaired) electrons. The summed E-state index contributed by atoms with van der Waals surface area (Å²) in [7, 11) is 3.05. The quantitative estimate of drug-likeness (QED) is 0.860. The Morgan fingerprint density at radius 1 is 1.42 bits per heavy atom. The van der Waals surface area contributed by atoms with Gasteiger partial charge in [0, 0.05) is 13.1 Å². The number of ether oxygens (including phenoxy) is 1. The van der Waals surface area contributed by atoms with E-state index in [4.69, 9.17) is 4.74 Å². The van der Waals surface area contributed by atoms with Crippen molar-refractivity contribution in [3.05, 3.63) is 24.0 Å². The van der Waals surface area contributed by atoms with E-state index >= 15 is 0 Å². The third-order valence-electron chi connectivity index (χ3n) is 2.82. The SMILES string of the molecule is COc1ccc2c(c1)nc(CC(=O)C(F)(F)F)n2C. The van der Waals surface area contributed by atoms with Crippen LogP contribution in [0.25, 0.3) is 11.0 Å². The highest BCUT2D eigenvalue weighted by molar-refractivity contribution is 5.87. The van der Waals surface area contributed by atoms with E-state index in [9.17, 15) is 18.0 Å². The lowest BCUT2D eigenvalue weighted by Gasteiger charge is -2.05. The number of hydrogen-bond acceptors (Lipinski definition) is 3. The second kappa shape index (κ2) is 4.56. The van der Waals surface area contributed by atoms with Gasteiger partial charge in [0.1, 0.15) is 11.6 Å². The number of alkyl halides is 3. The highest BCUT2D eigenvalue weighted by Gasteiger charge is 2.38. The summed E-state index contributed by atoms with van der Waals surface area (Å²) in [6, 6.07) is 4.97. The van der Waals surface area contributed by atoms with Gasteiger partial charge in [0.25, 0.3) is 0 Å². The Bertz CT molecular complexity index is 632. The molecule has 0 saturated heterocycles. The van der Waals surface area contributed by atoms with Crippen molar-refractivity contribution < 1.29 is 22.7 Å². The highest BCUT2D eigenvalue weighted by atomic mass is 19.4. The van der Waals surface area contributed by atoms with Crippen LogP contribution in [0.2, 0.25) is 0 Å². The number of nitrogens with zero attached hydrogens (tertiary/aromatic N) is 2. The number of benzene rings is 1. The van der Waals surface area contributed by atoms with Gasteiger partial charge in [-0.05, 0) is 12.1 Å². The van der Waals surface area contributed by atoms with Crippen molar-refractivity contribution in [3.63, 3.8) is 0 Å². The second-order valence-corrected chi connectivity index (χ2v) is 4.04. The summed E-state index contributed by atoms with van der Waals surface area (Å²) in [5.74, 6) is -1.18. The molecule has 0 amide bonds. The van der Waals surface area contributed by atoms with Crippen molar-refractivity contribution in [1.82, 2.24) is 9.55 Å². The normalized spacial score (nSPS) is 11.8. The van der Waals surface area contributed by atoms with Gasteiger partial charge in [0.2, 0.25) is 5.78 Å². The summed E-state index contributed by atoms with van der Waals surface area (Å²) in [6.07, 6.45) is -5.60. The van der Waals surface area contributed by atoms with Crippen LogP contribution >= 0.6 is 0 Å². The summed E-state index contributed by atoms with van der Waals surface area (Å²) in [5, 5.41) is 0. The molecule has 0 bridgehead atoms. The molecule has 0 saturated carbocycles. The maximum Gasteiger partial charge on any atom is 0.450 e. The van der Waals surface area contributed by atoms with Crippen LogP contribution in [0.4, 0.5) is 13.2 Å². The maximum atomic E-state index is 12.2. The van der Waals surface area contributed by atoms with Crippen molar-refractivity contribution in [2.45, 2.75) is 12.6 Å². The van der Waals surface area contributed by atoms with Crippen molar-refractivity contribution in [1.29, 1.82) is 0 Å². The summed E-state index contributed by atoms with van der Waals surface area (Å²) < 4.78 is 43.2. The molecule has 19 heavy (non-hydrogen) atoms. The Hall–Kier alpha value is -2.05. The molecular formula is C12H11F3N2O2. The van der Waals surface area contributed by atoms with Crippen molar-refractivity contribution in [3.8, 4) is 5.75 Å². The van der Waals surface area contributed by atoms with Gasteiger partial charge in [-0.2, -0.15) is 13.2 Å². The van der Waals surface area contributed by atoms with Gasteiger partial charge in [-0.1, -0.05) is 0 Å². The first-order chi connectivity index (χ1) is 8.82. The number of imidazole rings is 1. The molecule has 0 atom stereocenters. The topological polar surface area (TPSA) is 44.1 Å². The summed E-state index contributed by atoms with van der Waals surface area (Å²) in [4.78, 5) is 15.0. The predicted molar refractivity (Wildman–Crippen MR) is 62.0 cm³/mol. The predicted octanol–water partition coefficient (Wildman–Crippen LogP) is 2.26. The molecule has 0 aliphatic carbocycles. The Morgan fingerprint density at radius 2 is 2.11 bits per heavy atom. The molecular weight excluding hydrogens is 261 g/mol. The molecule has 102 valence electrons. The summed E-state index contributed by atoms with van der Waals surface area (Å²) in [6.45, 7) is 0. The van der Waals surface area contributed by atoms with Crippen LogP contribution in [-0.4, -0.2) is 28.6 Å². The number of hydrogen-bond donors (Lipinski definition) is 0. The lowest BCUT2D eigenvalue weighted by Crippen LogP contribution is -2.25. The zero-order valence-corrected chi connectivity index (χ0v) is 10.3. The van der Waals surface area contributed by atoms with Gasteiger partial charge >= 0.3 is 6.18 Å². The van der Waals surface area contributed by atoms with E-state index < -0.39 is 18.4 Å². The number of halogens is 3. The molecule has 0 fully saturated rings. The molecule has 7 heteroatoms. The highest BCUT2D eigenvalue weighted by Crippen LogP contribution is 2.23.